The van der Waals surface area contributed by atoms with Gasteiger partial charge in [0.1, 0.15) is 0 Å². The predicted molar refractivity (Wildman–Crippen MR) is 53.8 cm³/mol. The molecule has 1 aliphatic heterocycles. The number of primary amides is 1. The molecule has 6 heteroatoms. The summed E-state index contributed by atoms with van der Waals surface area (Å²) in [6.45, 7) is 2.15. The number of carbonyl (C=O) groups excluding carboxylic acids is 2. The second kappa shape index (κ2) is 5.09. The van der Waals surface area contributed by atoms with Gasteiger partial charge in [-0.3, -0.25) is 9.59 Å². The molecule has 0 bridgehead atoms. The van der Waals surface area contributed by atoms with E-state index in [1.54, 1.807) is 6.92 Å². The van der Waals surface area contributed by atoms with Gasteiger partial charge in [0.25, 0.3) is 0 Å². The molecule has 2 amide bonds. The topological polar surface area (TPSA) is 104 Å². The number of rotatable bonds is 4. The first-order chi connectivity index (χ1) is 6.99. The average Bonchev–Trinajstić information content (AvgIpc) is 2.49. The maximum absolute atomic E-state index is 11.5. The molecule has 6 nitrogen and oxygen atoms in total. The third-order valence-corrected chi connectivity index (χ3v) is 2.32. The highest BCUT2D eigenvalue weighted by molar-refractivity contribution is 5.83. The van der Waals surface area contributed by atoms with Crippen LogP contribution in [0.1, 0.15) is 19.8 Å². The lowest BCUT2D eigenvalue weighted by atomic mass is 10.1. The zero-order valence-electron chi connectivity index (χ0n) is 8.69. The second-order valence-electron chi connectivity index (χ2n) is 3.93. The van der Waals surface area contributed by atoms with Crippen LogP contribution in [0.4, 0.5) is 0 Å². The number of aliphatic hydroxyl groups excluding tert-OH is 1. The van der Waals surface area contributed by atoms with Crippen LogP contribution >= 0.6 is 0 Å². The Kier molecular flexibility index (Phi) is 4.05. The highest BCUT2D eigenvalue weighted by atomic mass is 16.3. The lowest BCUT2D eigenvalue weighted by molar-refractivity contribution is -0.124. The van der Waals surface area contributed by atoms with Gasteiger partial charge in [0.15, 0.2) is 0 Å². The first kappa shape index (κ1) is 11.9. The van der Waals surface area contributed by atoms with E-state index in [4.69, 9.17) is 5.73 Å². The van der Waals surface area contributed by atoms with E-state index in [1.165, 1.54) is 0 Å². The van der Waals surface area contributed by atoms with Gasteiger partial charge < -0.3 is 21.5 Å². The van der Waals surface area contributed by atoms with Gasteiger partial charge in [-0.25, -0.2) is 0 Å². The molecule has 1 saturated heterocycles. The van der Waals surface area contributed by atoms with Crippen LogP contribution in [-0.2, 0) is 9.59 Å². The molecule has 0 aromatic carbocycles. The molecular formula is C9H17N3O3. The normalized spacial score (nSPS) is 27.3. The molecule has 0 aromatic heterocycles. The third kappa shape index (κ3) is 3.85. The van der Waals surface area contributed by atoms with Crippen molar-refractivity contribution >= 4 is 11.8 Å². The van der Waals surface area contributed by atoms with Gasteiger partial charge in [-0.05, 0) is 13.3 Å². The molecule has 1 fully saturated rings. The highest BCUT2D eigenvalue weighted by Crippen LogP contribution is 2.06. The van der Waals surface area contributed by atoms with Gasteiger partial charge in [-0.15, -0.1) is 0 Å². The van der Waals surface area contributed by atoms with E-state index < -0.39 is 12.0 Å². The van der Waals surface area contributed by atoms with Crippen molar-refractivity contribution < 1.29 is 14.7 Å². The zero-order chi connectivity index (χ0) is 11.4. The molecule has 5 N–H and O–H groups in total. The number of nitrogens with two attached hydrogens (primary N) is 1. The van der Waals surface area contributed by atoms with Crippen LogP contribution in [0.2, 0.25) is 0 Å². The molecule has 3 unspecified atom stereocenters. The van der Waals surface area contributed by atoms with Crippen molar-refractivity contribution in [1.29, 1.82) is 0 Å². The Morgan fingerprint density at radius 1 is 1.67 bits per heavy atom. The van der Waals surface area contributed by atoms with Gasteiger partial charge in [0.2, 0.25) is 11.8 Å². The van der Waals surface area contributed by atoms with Crippen molar-refractivity contribution in [3.8, 4) is 0 Å². The van der Waals surface area contributed by atoms with Crippen molar-refractivity contribution in [2.24, 2.45) is 5.73 Å². The first-order valence-corrected chi connectivity index (χ1v) is 4.99. The van der Waals surface area contributed by atoms with Gasteiger partial charge in [-0.1, -0.05) is 0 Å². The predicted octanol–water partition coefficient (Wildman–Crippen LogP) is -1.91. The minimum atomic E-state index is -0.466. The van der Waals surface area contributed by atoms with E-state index in [0.29, 0.717) is 13.0 Å². The number of β-amino-alcohol motifs (C(OH)–C–C–N with tert-alkyl or cyclic N) is 1. The number of hydrogen-bond acceptors (Lipinski definition) is 4. The standard InChI is InChI=1S/C9H17N3O3/c1-5(2-8(10)14)12-9(15)7-3-6(13)4-11-7/h5-7,11,13H,2-4H2,1H3,(H2,10,14)(H,12,15). The Morgan fingerprint density at radius 3 is 2.80 bits per heavy atom. The Morgan fingerprint density at radius 2 is 2.33 bits per heavy atom. The van der Waals surface area contributed by atoms with Crippen LogP contribution in [0.15, 0.2) is 0 Å². The van der Waals surface area contributed by atoms with E-state index in [1.807, 2.05) is 0 Å². The summed E-state index contributed by atoms with van der Waals surface area (Å²) in [4.78, 5) is 22.1. The molecule has 1 rings (SSSR count). The van der Waals surface area contributed by atoms with Gasteiger partial charge in [-0.2, -0.15) is 0 Å². The van der Waals surface area contributed by atoms with Crippen LogP contribution < -0.4 is 16.4 Å². The largest absolute Gasteiger partial charge is 0.392 e. The summed E-state index contributed by atoms with van der Waals surface area (Å²) in [7, 11) is 0. The van der Waals surface area contributed by atoms with Gasteiger partial charge in [0, 0.05) is 19.0 Å². The number of hydrogen-bond donors (Lipinski definition) is 4. The van der Waals surface area contributed by atoms with Crippen LogP contribution in [0.3, 0.4) is 0 Å². The fourth-order valence-corrected chi connectivity index (χ4v) is 1.61. The first-order valence-electron chi connectivity index (χ1n) is 4.99. The minimum absolute atomic E-state index is 0.126. The molecule has 86 valence electrons. The smallest absolute Gasteiger partial charge is 0.237 e. The average molecular weight is 215 g/mol. The number of nitrogens with one attached hydrogen (secondary N) is 2. The molecule has 1 aliphatic rings. The maximum atomic E-state index is 11.5. The van der Waals surface area contributed by atoms with Crippen LogP contribution in [0, 0.1) is 0 Å². The maximum Gasteiger partial charge on any atom is 0.237 e. The molecule has 3 atom stereocenters. The summed E-state index contributed by atoms with van der Waals surface area (Å²) in [5, 5.41) is 14.8. The summed E-state index contributed by atoms with van der Waals surface area (Å²) in [5.74, 6) is -0.637. The lowest BCUT2D eigenvalue weighted by Crippen LogP contribution is -2.45. The van der Waals surface area contributed by atoms with E-state index in [2.05, 4.69) is 10.6 Å². The van der Waals surface area contributed by atoms with E-state index >= 15 is 0 Å². The fraction of sp³-hybridized carbons (Fsp3) is 0.778. The molecule has 0 aliphatic carbocycles. The second-order valence-corrected chi connectivity index (χ2v) is 3.93. The molecule has 0 spiro atoms. The van der Waals surface area contributed by atoms with E-state index in [9.17, 15) is 14.7 Å². The SMILES string of the molecule is CC(CC(N)=O)NC(=O)C1CC(O)CN1. The Labute approximate surface area is 88.2 Å². The van der Waals surface area contributed by atoms with Crippen LogP contribution in [0.5, 0.6) is 0 Å². The minimum Gasteiger partial charge on any atom is -0.392 e. The molecule has 0 aromatic rings. The van der Waals surface area contributed by atoms with Gasteiger partial charge >= 0.3 is 0 Å². The zero-order valence-corrected chi connectivity index (χ0v) is 8.69. The molecule has 0 radical (unpaired) electrons. The summed E-state index contributed by atoms with van der Waals surface area (Å²) in [6.07, 6.45) is 0.0723. The molecular weight excluding hydrogens is 198 g/mol. The lowest BCUT2D eigenvalue weighted by Gasteiger charge is -2.15. The van der Waals surface area contributed by atoms with Crippen molar-refractivity contribution in [3.05, 3.63) is 0 Å². The summed E-state index contributed by atoms with van der Waals surface area (Å²) >= 11 is 0. The van der Waals surface area contributed by atoms with Crippen LogP contribution in [0.25, 0.3) is 0 Å². The highest BCUT2D eigenvalue weighted by Gasteiger charge is 2.28. The quantitative estimate of drug-likeness (QED) is 0.439. The number of amides is 2. The molecule has 0 saturated carbocycles. The third-order valence-electron chi connectivity index (χ3n) is 2.32. The van der Waals surface area contributed by atoms with Crippen molar-refractivity contribution in [3.63, 3.8) is 0 Å². The fourth-order valence-electron chi connectivity index (χ4n) is 1.61. The summed E-state index contributed by atoms with van der Waals surface area (Å²) in [6, 6.07) is -0.634. The number of aliphatic hydroxyl groups is 1. The van der Waals surface area contributed by atoms with Crippen molar-refractivity contribution in [2.45, 2.75) is 38.0 Å². The summed E-state index contributed by atoms with van der Waals surface area (Å²) in [5.41, 5.74) is 5.00. The monoisotopic (exact) mass is 215 g/mol. The number of carbonyl (C=O) groups is 2. The van der Waals surface area contributed by atoms with Gasteiger partial charge in [0.05, 0.1) is 12.1 Å². The van der Waals surface area contributed by atoms with Crippen LogP contribution in [-0.4, -0.2) is 41.7 Å². The van der Waals surface area contributed by atoms with E-state index in [0.717, 1.165) is 0 Å². The molecule has 15 heavy (non-hydrogen) atoms. The summed E-state index contributed by atoms with van der Waals surface area (Å²) < 4.78 is 0. The van der Waals surface area contributed by atoms with Crippen molar-refractivity contribution in [2.75, 3.05) is 6.54 Å². The Hall–Kier alpha value is -1.14. The Bertz CT molecular complexity index is 257. The molecule has 1 heterocycles. The van der Waals surface area contributed by atoms with E-state index in [-0.39, 0.29) is 24.4 Å². The van der Waals surface area contributed by atoms with Crippen molar-refractivity contribution in [1.82, 2.24) is 10.6 Å². The Balaban J connectivity index is 2.32.